The molecule has 6 nitrogen and oxygen atoms in total. The maximum atomic E-state index is 11.4. The van der Waals surface area contributed by atoms with Gasteiger partial charge in [0.1, 0.15) is 5.00 Å². The van der Waals surface area contributed by atoms with Crippen molar-refractivity contribution in [2.45, 2.75) is 3.79 Å². The Bertz CT molecular complexity index is 543. The molecule has 0 aromatic carbocycles. The number of thiophene rings is 1. The Morgan fingerprint density at radius 2 is 1.89 bits per heavy atom. The number of carboxylic acids is 1. The van der Waals surface area contributed by atoms with Crippen LogP contribution in [0, 0.1) is 0 Å². The standard InChI is InChI=1S/C8H4BrCl3N2O4S/c9-3-1-2(5(15)16)4(19-3)13-7(18)14-6(17)8(10,11)12/h1H,(H,15,16)(H2,13,14,17,18). The Hall–Kier alpha value is -0.540. The number of imide groups is 1. The molecule has 1 rings (SSSR count). The molecule has 0 unspecified atom stereocenters. The van der Waals surface area contributed by atoms with E-state index in [0.29, 0.717) is 3.79 Å². The average molecular weight is 410 g/mol. The zero-order valence-electron chi connectivity index (χ0n) is 8.67. The van der Waals surface area contributed by atoms with Gasteiger partial charge < -0.3 is 5.11 Å². The van der Waals surface area contributed by atoms with Crippen molar-refractivity contribution >= 4 is 85.0 Å². The van der Waals surface area contributed by atoms with Crippen LogP contribution in [0.2, 0.25) is 0 Å². The van der Waals surface area contributed by atoms with Crippen molar-refractivity contribution in [3.63, 3.8) is 0 Å². The normalized spacial score (nSPS) is 10.9. The van der Waals surface area contributed by atoms with Gasteiger partial charge >= 0.3 is 12.0 Å². The van der Waals surface area contributed by atoms with Crippen molar-refractivity contribution in [1.29, 1.82) is 0 Å². The van der Waals surface area contributed by atoms with E-state index in [1.165, 1.54) is 6.07 Å². The second-order valence-corrected chi connectivity index (χ2v) is 7.72. The minimum absolute atomic E-state index is 0.0361. The van der Waals surface area contributed by atoms with Crippen LogP contribution in [0.1, 0.15) is 10.4 Å². The molecule has 0 aliphatic carbocycles. The third-order valence-electron chi connectivity index (χ3n) is 1.64. The number of carbonyl (C=O) groups is 3. The van der Waals surface area contributed by atoms with Crippen LogP contribution in [-0.2, 0) is 4.79 Å². The molecular weight excluding hydrogens is 406 g/mol. The third-order valence-corrected chi connectivity index (χ3v) is 3.71. The number of alkyl halides is 3. The summed E-state index contributed by atoms with van der Waals surface area (Å²) in [5.74, 6) is -2.38. The number of urea groups is 1. The molecule has 0 spiro atoms. The number of nitrogens with one attached hydrogen (secondary N) is 2. The summed E-state index contributed by atoms with van der Waals surface area (Å²) < 4.78 is -1.80. The Labute approximate surface area is 134 Å². The van der Waals surface area contributed by atoms with Crippen LogP contribution < -0.4 is 10.6 Å². The van der Waals surface area contributed by atoms with Gasteiger partial charge in [0.15, 0.2) is 0 Å². The van der Waals surface area contributed by atoms with Gasteiger partial charge in [-0.05, 0) is 22.0 Å². The van der Waals surface area contributed by atoms with Crippen molar-refractivity contribution in [2.24, 2.45) is 0 Å². The Morgan fingerprint density at radius 1 is 1.32 bits per heavy atom. The molecule has 1 aromatic rings. The third kappa shape index (κ3) is 4.81. The van der Waals surface area contributed by atoms with Crippen LogP contribution in [0.4, 0.5) is 9.80 Å². The van der Waals surface area contributed by atoms with Crippen molar-refractivity contribution in [3.05, 3.63) is 15.4 Å². The van der Waals surface area contributed by atoms with Gasteiger partial charge in [0.25, 0.3) is 9.70 Å². The lowest BCUT2D eigenvalue weighted by Gasteiger charge is -2.10. The number of amides is 3. The van der Waals surface area contributed by atoms with E-state index in [1.807, 2.05) is 0 Å². The Kier molecular flexibility index (Phi) is 5.45. The van der Waals surface area contributed by atoms with Crippen LogP contribution in [0.5, 0.6) is 0 Å². The summed E-state index contributed by atoms with van der Waals surface area (Å²) in [5, 5.41) is 12.9. The van der Waals surface area contributed by atoms with Crippen molar-refractivity contribution < 1.29 is 19.5 Å². The first-order chi connectivity index (χ1) is 8.61. The Morgan fingerprint density at radius 3 is 2.37 bits per heavy atom. The summed E-state index contributed by atoms with van der Waals surface area (Å²) in [6.45, 7) is 0. The highest BCUT2D eigenvalue weighted by Gasteiger charge is 2.32. The molecule has 11 heteroatoms. The van der Waals surface area contributed by atoms with Gasteiger partial charge in [-0.1, -0.05) is 34.8 Å². The molecule has 0 atom stereocenters. The SMILES string of the molecule is O=C(NC(=O)C(Cl)(Cl)Cl)Nc1sc(Br)cc1C(=O)O. The van der Waals surface area contributed by atoms with E-state index < -0.39 is 21.7 Å². The number of halogens is 4. The van der Waals surface area contributed by atoms with Crippen molar-refractivity contribution in [1.82, 2.24) is 5.32 Å². The number of carbonyl (C=O) groups excluding carboxylic acids is 2. The van der Waals surface area contributed by atoms with Crippen LogP contribution in [0.15, 0.2) is 9.85 Å². The molecule has 3 N–H and O–H groups in total. The molecule has 1 aromatic heterocycles. The molecule has 3 amide bonds. The van der Waals surface area contributed by atoms with Crippen LogP contribution in [0.3, 0.4) is 0 Å². The number of aromatic carboxylic acids is 1. The predicted molar refractivity (Wildman–Crippen MR) is 76.4 cm³/mol. The van der Waals surface area contributed by atoms with E-state index in [1.54, 1.807) is 5.32 Å². The molecule has 0 fully saturated rings. The van der Waals surface area contributed by atoms with Crippen LogP contribution >= 0.6 is 62.1 Å². The zero-order valence-corrected chi connectivity index (χ0v) is 13.3. The minimum atomic E-state index is -2.29. The van der Waals surface area contributed by atoms with E-state index in [-0.39, 0.29) is 10.6 Å². The van der Waals surface area contributed by atoms with E-state index >= 15 is 0 Å². The van der Waals surface area contributed by atoms with E-state index in [0.717, 1.165) is 11.3 Å². The average Bonchev–Trinajstić information content (AvgIpc) is 2.57. The fraction of sp³-hybridized carbons (Fsp3) is 0.125. The minimum Gasteiger partial charge on any atom is -0.478 e. The number of hydrogen-bond acceptors (Lipinski definition) is 4. The van der Waals surface area contributed by atoms with Gasteiger partial charge in [0.2, 0.25) is 0 Å². The van der Waals surface area contributed by atoms with Gasteiger partial charge in [-0.2, -0.15) is 0 Å². The summed E-state index contributed by atoms with van der Waals surface area (Å²) in [5.41, 5.74) is -0.131. The molecule has 0 aliphatic heterocycles. The number of hydrogen-bond donors (Lipinski definition) is 3. The molecule has 0 bridgehead atoms. The predicted octanol–water partition coefficient (Wildman–Crippen LogP) is 3.23. The molecule has 19 heavy (non-hydrogen) atoms. The smallest absolute Gasteiger partial charge is 0.338 e. The van der Waals surface area contributed by atoms with E-state index in [4.69, 9.17) is 39.9 Å². The number of anilines is 1. The monoisotopic (exact) mass is 408 g/mol. The summed E-state index contributed by atoms with van der Waals surface area (Å²) >= 11 is 19.8. The molecule has 0 aliphatic rings. The molecule has 0 saturated carbocycles. The van der Waals surface area contributed by atoms with Gasteiger partial charge in [-0.3, -0.25) is 15.4 Å². The zero-order chi connectivity index (χ0) is 14.8. The number of rotatable bonds is 2. The second kappa shape index (κ2) is 6.27. The molecule has 104 valence electrons. The van der Waals surface area contributed by atoms with Gasteiger partial charge in [-0.25, -0.2) is 9.59 Å². The first-order valence-electron chi connectivity index (χ1n) is 4.33. The van der Waals surface area contributed by atoms with Crippen molar-refractivity contribution in [2.75, 3.05) is 5.32 Å². The highest BCUT2D eigenvalue weighted by Crippen LogP contribution is 2.32. The van der Waals surface area contributed by atoms with Crippen molar-refractivity contribution in [3.8, 4) is 0 Å². The molecule has 0 radical (unpaired) electrons. The molecule has 0 saturated heterocycles. The highest BCUT2D eigenvalue weighted by molar-refractivity contribution is 9.11. The quantitative estimate of drug-likeness (QED) is 0.653. The lowest BCUT2D eigenvalue weighted by atomic mass is 10.3. The first kappa shape index (κ1) is 16.5. The number of carboxylic acid groups (broad SMARTS) is 1. The van der Waals surface area contributed by atoms with Crippen LogP contribution in [-0.4, -0.2) is 26.8 Å². The summed E-state index contributed by atoms with van der Waals surface area (Å²) in [4.78, 5) is 33.5. The van der Waals surface area contributed by atoms with E-state index in [2.05, 4.69) is 21.2 Å². The topological polar surface area (TPSA) is 95.5 Å². The highest BCUT2D eigenvalue weighted by atomic mass is 79.9. The maximum absolute atomic E-state index is 11.4. The fourth-order valence-corrected chi connectivity index (χ4v) is 2.55. The van der Waals surface area contributed by atoms with E-state index in [9.17, 15) is 14.4 Å². The lowest BCUT2D eigenvalue weighted by molar-refractivity contribution is -0.119. The fourth-order valence-electron chi connectivity index (χ4n) is 0.921. The molecular formula is C8H4BrCl3N2O4S. The Balaban J connectivity index is 2.78. The summed E-state index contributed by atoms with van der Waals surface area (Å²) in [6, 6.07) is 0.299. The van der Waals surface area contributed by atoms with Gasteiger partial charge in [0.05, 0.1) is 9.35 Å². The summed E-state index contributed by atoms with van der Waals surface area (Å²) in [6.07, 6.45) is 0. The largest absolute Gasteiger partial charge is 0.478 e. The lowest BCUT2D eigenvalue weighted by Crippen LogP contribution is -2.41. The molecule has 1 heterocycles. The van der Waals surface area contributed by atoms with Crippen LogP contribution in [0.25, 0.3) is 0 Å². The summed E-state index contributed by atoms with van der Waals surface area (Å²) in [7, 11) is 0. The van der Waals surface area contributed by atoms with Gasteiger partial charge in [0, 0.05) is 0 Å². The van der Waals surface area contributed by atoms with Gasteiger partial charge in [-0.15, -0.1) is 11.3 Å². The maximum Gasteiger partial charge on any atom is 0.338 e. The second-order valence-electron chi connectivity index (χ2n) is 3.00. The first-order valence-corrected chi connectivity index (χ1v) is 7.07.